The number of aromatic nitrogens is 1. The molecule has 1 aliphatic heterocycles. The summed E-state index contributed by atoms with van der Waals surface area (Å²) in [6.07, 6.45) is 4.95. The van der Waals surface area contributed by atoms with Gasteiger partial charge in [0.25, 0.3) is 5.91 Å². The fourth-order valence-corrected chi connectivity index (χ4v) is 2.52. The molecule has 0 radical (unpaired) electrons. The lowest BCUT2D eigenvalue weighted by Gasteiger charge is -2.32. The van der Waals surface area contributed by atoms with Crippen LogP contribution in [0.15, 0.2) is 18.3 Å². The number of nitrogens with zero attached hydrogens (tertiary/aromatic N) is 2. The Labute approximate surface area is 126 Å². The Morgan fingerprint density at radius 1 is 1.48 bits per heavy atom. The predicted molar refractivity (Wildman–Crippen MR) is 83.7 cm³/mol. The Bertz CT molecular complexity index is 457. The number of pyridine rings is 1. The van der Waals surface area contributed by atoms with Crippen LogP contribution in [-0.2, 0) is 4.74 Å². The molecule has 0 saturated carbocycles. The second-order valence-corrected chi connectivity index (χ2v) is 5.67. The molecule has 1 aromatic rings. The molecule has 1 N–H and O–H groups in total. The standard InChI is InChI=1S/C16H25N3O2/c1-13-5-9-19(10-6-13)14-4-8-17-15(12-14)16(20)18-7-3-11-21-2/h4,8,12-13H,3,5-7,9-11H2,1-2H3,(H,18,20). The number of hydrogen-bond donors (Lipinski definition) is 1. The number of ether oxygens (including phenoxy) is 1. The lowest BCUT2D eigenvalue weighted by molar-refractivity contribution is 0.0943. The van der Waals surface area contributed by atoms with Crippen LogP contribution < -0.4 is 10.2 Å². The van der Waals surface area contributed by atoms with Crippen molar-refractivity contribution in [1.82, 2.24) is 10.3 Å². The van der Waals surface area contributed by atoms with Gasteiger partial charge < -0.3 is 15.0 Å². The minimum atomic E-state index is -0.113. The first-order valence-corrected chi connectivity index (χ1v) is 7.69. The van der Waals surface area contributed by atoms with Gasteiger partial charge in [-0.15, -0.1) is 0 Å². The van der Waals surface area contributed by atoms with E-state index >= 15 is 0 Å². The predicted octanol–water partition coefficient (Wildman–Crippen LogP) is 2.08. The zero-order valence-electron chi connectivity index (χ0n) is 13.0. The molecule has 116 valence electrons. The van der Waals surface area contributed by atoms with Crippen molar-refractivity contribution < 1.29 is 9.53 Å². The van der Waals surface area contributed by atoms with Crippen LogP contribution in [0.3, 0.4) is 0 Å². The summed E-state index contributed by atoms with van der Waals surface area (Å²) >= 11 is 0. The van der Waals surface area contributed by atoms with Crippen molar-refractivity contribution in [3.05, 3.63) is 24.0 Å². The number of rotatable bonds is 6. The molecule has 1 aliphatic rings. The maximum Gasteiger partial charge on any atom is 0.269 e. The molecule has 0 aliphatic carbocycles. The first-order chi connectivity index (χ1) is 10.2. The number of methoxy groups -OCH3 is 1. The summed E-state index contributed by atoms with van der Waals surface area (Å²) in [5, 5.41) is 2.87. The van der Waals surface area contributed by atoms with Gasteiger partial charge >= 0.3 is 0 Å². The lowest BCUT2D eigenvalue weighted by atomic mass is 9.99. The van der Waals surface area contributed by atoms with E-state index in [-0.39, 0.29) is 5.91 Å². The van der Waals surface area contributed by atoms with Crippen molar-refractivity contribution in [1.29, 1.82) is 0 Å². The zero-order valence-corrected chi connectivity index (χ0v) is 13.0. The first-order valence-electron chi connectivity index (χ1n) is 7.69. The fraction of sp³-hybridized carbons (Fsp3) is 0.625. The monoisotopic (exact) mass is 291 g/mol. The Hall–Kier alpha value is -1.62. The molecule has 2 rings (SSSR count). The average Bonchev–Trinajstić information content (AvgIpc) is 2.52. The van der Waals surface area contributed by atoms with Gasteiger partial charge in [0.15, 0.2) is 0 Å². The van der Waals surface area contributed by atoms with Gasteiger partial charge in [-0.3, -0.25) is 9.78 Å². The molecule has 1 saturated heterocycles. The number of anilines is 1. The molecule has 0 atom stereocenters. The summed E-state index contributed by atoms with van der Waals surface area (Å²) in [7, 11) is 1.66. The number of piperidine rings is 1. The van der Waals surface area contributed by atoms with E-state index in [1.807, 2.05) is 12.1 Å². The molecule has 0 bridgehead atoms. The molecule has 0 spiro atoms. The second-order valence-electron chi connectivity index (χ2n) is 5.67. The highest BCUT2D eigenvalue weighted by molar-refractivity contribution is 5.93. The second kappa shape index (κ2) is 7.98. The van der Waals surface area contributed by atoms with E-state index in [1.54, 1.807) is 13.3 Å². The van der Waals surface area contributed by atoms with E-state index in [2.05, 4.69) is 22.1 Å². The van der Waals surface area contributed by atoms with Crippen LogP contribution in [0.2, 0.25) is 0 Å². The van der Waals surface area contributed by atoms with Crippen molar-refractivity contribution in [2.45, 2.75) is 26.2 Å². The van der Waals surface area contributed by atoms with Gasteiger partial charge in [0.05, 0.1) is 0 Å². The summed E-state index contributed by atoms with van der Waals surface area (Å²) < 4.78 is 4.96. The van der Waals surface area contributed by atoms with Gasteiger partial charge in [-0.1, -0.05) is 6.92 Å². The quantitative estimate of drug-likeness (QED) is 0.815. The average molecular weight is 291 g/mol. The van der Waals surface area contributed by atoms with Gasteiger partial charge in [-0.05, 0) is 37.3 Å². The maximum atomic E-state index is 12.1. The van der Waals surface area contributed by atoms with Crippen molar-refractivity contribution in [3.63, 3.8) is 0 Å². The van der Waals surface area contributed by atoms with Gasteiger partial charge in [0, 0.05) is 45.2 Å². The Morgan fingerprint density at radius 2 is 2.24 bits per heavy atom. The maximum absolute atomic E-state index is 12.1. The molecule has 2 heterocycles. The Balaban J connectivity index is 1.92. The molecular weight excluding hydrogens is 266 g/mol. The molecule has 5 nitrogen and oxygen atoms in total. The van der Waals surface area contributed by atoms with Gasteiger partial charge in [0.1, 0.15) is 5.69 Å². The number of nitrogens with one attached hydrogen (secondary N) is 1. The first kappa shape index (κ1) is 15.8. The largest absolute Gasteiger partial charge is 0.385 e. The van der Waals surface area contributed by atoms with Gasteiger partial charge in [-0.25, -0.2) is 0 Å². The molecule has 0 aromatic carbocycles. The zero-order chi connectivity index (χ0) is 15.1. The highest BCUT2D eigenvalue weighted by Crippen LogP contribution is 2.22. The van der Waals surface area contributed by atoms with Crippen LogP contribution in [0.4, 0.5) is 5.69 Å². The molecule has 5 heteroatoms. The Morgan fingerprint density at radius 3 is 2.95 bits per heavy atom. The summed E-state index contributed by atoms with van der Waals surface area (Å²) in [4.78, 5) is 18.6. The third kappa shape index (κ3) is 4.70. The summed E-state index contributed by atoms with van der Waals surface area (Å²) in [6, 6.07) is 3.87. The minimum absolute atomic E-state index is 0.113. The summed E-state index contributed by atoms with van der Waals surface area (Å²) in [5.74, 6) is 0.685. The van der Waals surface area contributed by atoms with Crippen molar-refractivity contribution in [2.24, 2.45) is 5.92 Å². The van der Waals surface area contributed by atoms with Gasteiger partial charge in [0.2, 0.25) is 0 Å². The van der Waals surface area contributed by atoms with Crippen molar-refractivity contribution >= 4 is 11.6 Å². The van der Waals surface area contributed by atoms with Crippen molar-refractivity contribution in [2.75, 3.05) is 38.3 Å². The number of amides is 1. The van der Waals surface area contributed by atoms with Crippen LogP contribution in [0.5, 0.6) is 0 Å². The number of carbonyl (C=O) groups excluding carboxylic acids is 1. The van der Waals surface area contributed by atoms with Crippen LogP contribution in [-0.4, -0.2) is 44.2 Å². The fourth-order valence-electron chi connectivity index (χ4n) is 2.52. The molecule has 0 unspecified atom stereocenters. The lowest BCUT2D eigenvalue weighted by Crippen LogP contribution is -2.33. The van der Waals surface area contributed by atoms with E-state index in [4.69, 9.17) is 4.74 Å². The molecule has 1 amide bonds. The van der Waals surface area contributed by atoms with Crippen LogP contribution in [0.25, 0.3) is 0 Å². The minimum Gasteiger partial charge on any atom is -0.385 e. The van der Waals surface area contributed by atoms with Gasteiger partial charge in [-0.2, -0.15) is 0 Å². The van der Waals surface area contributed by atoms with Crippen LogP contribution in [0.1, 0.15) is 36.7 Å². The molecule has 1 fully saturated rings. The van der Waals surface area contributed by atoms with E-state index in [0.717, 1.165) is 31.1 Å². The van der Waals surface area contributed by atoms with E-state index in [0.29, 0.717) is 18.8 Å². The highest BCUT2D eigenvalue weighted by Gasteiger charge is 2.17. The molecular formula is C16H25N3O2. The van der Waals surface area contributed by atoms with Crippen LogP contribution in [0, 0.1) is 5.92 Å². The topological polar surface area (TPSA) is 54.5 Å². The Kier molecular flexibility index (Phi) is 5.99. The van der Waals surface area contributed by atoms with E-state index in [9.17, 15) is 4.79 Å². The van der Waals surface area contributed by atoms with Crippen LogP contribution >= 0.6 is 0 Å². The summed E-state index contributed by atoms with van der Waals surface area (Å²) in [5.41, 5.74) is 1.59. The number of hydrogen-bond acceptors (Lipinski definition) is 4. The third-order valence-electron chi connectivity index (χ3n) is 3.94. The SMILES string of the molecule is COCCCNC(=O)c1cc(N2CCC(C)CC2)ccn1. The van der Waals surface area contributed by atoms with Crippen molar-refractivity contribution in [3.8, 4) is 0 Å². The highest BCUT2D eigenvalue weighted by atomic mass is 16.5. The van der Waals surface area contributed by atoms with E-state index in [1.165, 1.54) is 12.8 Å². The normalized spacial score (nSPS) is 16.0. The van der Waals surface area contributed by atoms with E-state index < -0.39 is 0 Å². The third-order valence-corrected chi connectivity index (χ3v) is 3.94. The smallest absolute Gasteiger partial charge is 0.269 e. The molecule has 1 aromatic heterocycles. The summed E-state index contributed by atoms with van der Waals surface area (Å²) in [6.45, 7) is 5.67. The number of carbonyl (C=O) groups is 1. The molecule has 21 heavy (non-hydrogen) atoms.